The Bertz CT molecular complexity index is 589. The third kappa shape index (κ3) is 2.56. The molecule has 6 heteroatoms. The van der Waals surface area contributed by atoms with Gasteiger partial charge in [-0.05, 0) is 33.1 Å². The normalized spacial score (nSPS) is 29.8. The fraction of sp³-hybridized carbons (Fsp3) is 0.769. The Hall–Kier alpha value is -0.880. The van der Waals surface area contributed by atoms with Gasteiger partial charge in [-0.1, -0.05) is 0 Å². The van der Waals surface area contributed by atoms with Crippen molar-refractivity contribution in [1.29, 1.82) is 0 Å². The topological polar surface area (TPSA) is 64.0 Å². The summed E-state index contributed by atoms with van der Waals surface area (Å²) in [5, 5.41) is 7.92. The van der Waals surface area contributed by atoms with Gasteiger partial charge in [-0.3, -0.25) is 4.68 Å². The van der Waals surface area contributed by atoms with Crippen molar-refractivity contribution in [3.63, 3.8) is 0 Å². The maximum Gasteiger partial charge on any atom is 0.152 e. The van der Waals surface area contributed by atoms with E-state index in [0.717, 1.165) is 12.2 Å². The zero-order valence-electron chi connectivity index (χ0n) is 11.5. The van der Waals surface area contributed by atoms with Crippen LogP contribution in [0.1, 0.15) is 37.4 Å². The van der Waals surface area contributed by atoms with Crippen LogP contribution in [0.25, 0.3) is 0 Å². The predicted molar refractivity (Wildman–Crippen MR) is 73.7 cm³/mol. The first-order chi connectivity index (χ1) is 8.90. The molecule has 5 nitrogen and oxygen atoms in total. The molecule has 0 bridgehead atoms. The van der Waals surface area contributed by atoms with Crippen LogP contribution < -0.4 is 5.32 Å². The average molecular weight is 283 g/mol. The van der Waals surface area contributed by atoms with E-state index in [-0.39, 0.29) is 17.0 Å². The third-order valence-corrected chi connectivity index (χ3v) is 6.15. The molecule has 2 heterocycles. The first kappa shape index (κ1) is 13.1. The maximum absolute atomic E-state index is 11.7. The van der Waals surface area contributed by atoms with Gasteiger partial charge in [0.15, 0.2) is 9.84 Å². The molecular formula is C13H21N3O2S. The molecule has 1 unspecified atom stereocenters. The van der Waals surface area contributed by atoms with Crippen molar-refractivity contribution in [3.8, 4) is 0 Å². The number of hydrogen-bond acceptors (Lipinski definition) is 4. The Balaban J connectivity index is 1.81. The van der Waals surface area contributed by atoms with E-state index in [1.165, 1.54) is 18.4 Å². The van der Waals surface area contributed by atoms with Gasteiger partial charge in [0.05, 0.1) is 23.2 Å². The van der Waals surface area contributed by atoms with Crippen molar-refractivity contribution in [2.45, 2.75) is 51.2 Å². The van der Waals surface area contributed by atoms with Crippen LogP contribution in [0.2, 0.25) is 0 Å². The standard InChI is InChI=1S/C13H21N3O2S/c1-10-11(7-14-12-3-4-12)8-15-16(10)13(2)5-6-19(17,18)9-13/h8,12,14H,3-7,9H2,1-2H3. The van der Waals surface area contributed by atoms with Crippen molar-refractivity contribution in [2.24, 2.45) is 0 Å². The third-order valence-electron chi connectivity index (χ3n) is 4.26. The van der Waals surface area contributed by atoms with Crippen LogP contribution in [0.15, 0.2) is 6.20 Å². The number of nitrogens with zero attached hydrogens (tertiary/aromatic N) is 2. The van der Waals surface area contributed by atoms with Crippen LogP contribution in [0.5, 0.6) is 0 Å². The number of sulfone groups is 1. The summed E-state index contributed by atoms with van der Waals surface area (Å²) in [7, 11) is -2.90. The lowest BCUT2D eigenvalue weighted by molar-refractivity contribution is 0.321. The molecule has 3 rings (SSSR count). The quantitative estimate of drug-likeness (QED) is 0.894. The van der Waals surface area contributed by atoms with Crippen LogP contribution in [0, 0.1) is 6.92 Å². The number of rotatable bonds is 4. The van der Waals surface area contributed by atoms with Crippen LogP contribution in [0.3, 0.4) is 0 Å². The van der Waals surface area contributed by atoms with E-state index in [1.54, 1.807) is 0 Å². The van der Waals surface area contributed by atoms with E-state index in [2.05, 4.69) is 10.4 Å². The molecule has 1 aromatic heterocycles. The van der Waals surface area contributed by atoms with Crippen LogP contribution >= 0.6 is 0 Å². The second kappa shape index (κ2) is 4.31. The molecule has 0 spiro atoms. The predicted octanol–water partition coefficient (Wildman–Crippen LogP) is 0.977. The van der Waals surface area contributed by atoms with E-state index < -0.39 is 9.84 Å². The van der Waals surface area contributed by atoms with E-state index in [0.29, 0.717) is 12.5 Å². The average Bonchev–Trinajstić information content (AvgIpc) is 3.01. The Morgan fingerprint density at radius 1 is 1.53 bits per heavy atom. The maximum atomic E-state index is 11.7. The molecule has 1 aliphatic heterocycles. The van der Waals surface area contributed by atoms with Gasteiger partial charge in [-0.2, -0.15) is 5.10 Å². The minimum Gasteiger partial charge on any atom is -0.310 e. The summed E-state index contributed by atoms with van der Waals surface area (Å²) in [6.45, 7) is 4.86. The largest absolute Gasteiger partial charge is 0.310 e. The Labute approximate surface area is 114 Å². The van der Waals surface area contributed by atoms with Gasteiger partial charge < -0.3 is 5.32 Å². The molecule has 0 amide bonds. The van der Waals surface area contributed by atoms with E-state index in [4.69, 9.17) is 0 Å². The Morgan fingerprint density at radius 3 is 2.84 bits per heavy atom. The van der Waals surface area contributed by atoms with Gasteiger partial charge in [-0.15, -0.1) is 0 Å². The minimum atomic E-state index is -2.90. The highest BCUT2D eigenvalue weighted by Gasteiger charge is 2.41. The van der Waals surface area contributed by atoms with E-state index in [1.807, 2.05) is 24.7 Å². The second-order valence-corrected chi connectivity index (χ2v) is 8.35. The van der Waals surface area contributed by atoms with Gasteiger partial charge in [0, 0.05) is 23.8 Å². The van der Waals surface area contributed by atoms with Gasteiger partial charge in [0.2, 0.25) is 0 Å². The number of aromatic nitrogens is 2. The minimum absolute atomic E-state index is 0.206. The first-order valence-electron chi connectivity index (χ1n) is 6.87. The van der Waals surface area contributed by atoms with Crippen molar-refractivity contribution >= 4 is 9.84 Å². The molecule has 2 aliphatic rings. The Morgan fingerprint density at radius 2 is 2.26 bits per heavy atom. The Kier molecular flexibility index (Phi) is 2.98. The highest BCUT2D eigenvalue weighted by atomic mass is 32.2. The van der Waals surface area contributed by atoms with Crippen molar-refractivity contribution < 1.29 is 8.42 Å². The summed E-state index contributed by atoms with van der Waals surface area (Å²) < 4.78 is 25.3. The highest BCUT2D eigenvalue weighted by molar-refractivity contribution is 7.91. The molecule has 1 atom stereocenters. The molecule has 19 heavy (non-hydrogen) atoms. The monoisotopic (exact) mass is 283 g/mol. The van der Waals surface area contributed by atoms with E-state index >= 15 is 0 Å². The first-order valence-corrected chi connectivity index (χ1v) is 8.70. The molecule has 0 radical (unpaired) electrons. The summed E-state index contributed by atoms with van der Waals surface area (Å²) in [4.78, 5) is 0. The fourth-order valence-corrected chi connectivity index (χ4v) is 4.97. The lowest BCUT2D eigenvalue weighted by Crippen LogP contribution is -2.33. The smallest absolute Gasteiger partial charge is 0.152 e. The number of hydrogen-bond donors (Lipinski definition) is 1. The van der Waals surface area contributed by atoms with Gasteiger partial charge in [-0.25, -0.2) is 8.42 Å². The van der Waals surface area contributed by atoms with Crippen LogP contribution in [-0.4, -0.2) is 35.7 Å². The van der Waals surface area contributed by atoms with Gasteiger partial charge >= 0.3 is 0 Å². The lowest BCUT2D eigenvalue weighted by atomic mass is 10.0. The van der Waals surface area contributed by atoms with Gasteiger partial charge in [0.25, 0.3) is 0 Å². The second-order valence-electron chi connectivity index (χ2n) is 6.16. The summed E-state index contributed by atoms with van der Waals surface area (Å²) in [6, 6.07) is 0.671. The summed E-state index contributed by atoms with van der Waals surface area (Å²) in [5.74, 6) is 0.483. The molecular weight excluding hydrogens is 262 g/mol. The molecule has 106 valence electrons. The summed E-state index contributed by atoms with van der Waals surface area (Å²) in [5.41, 5.74) is 1.89. The zero-order valence-corrected chi connectivity index (χ0v) is 12.3. The van der Waals surface area contributed by atoms with Crippen LogP contribution in [0.4, 0.5) is 0 Å². The molecule has 1 aromatic rings. The van der Waals surface area contributed by atoms with Gasteiger partial charge in [0.1, 0.15) is 0 Å². The number of nitrogens with one attached hydrogen (secondary N) is 1. The lowest BCUT2D eigenvalue weighted by Gasteiger charge is -2.24. The molecule has 1 aliphatic carbocycles. The SMILES string of the molecule is Cc1c(CNC2CC2)cnn1C1(C)CCS(=O)(=O)C1. The van der Waals surface area contributed by atoms with Crippen molar-refractivity contribution in [2.75, 3.05) is 11.5 Å². The zero-order chi connectivity index (χ0) is 13.7. The van der Waals surface area contributed by atoms with E-state index in [9.17, 15) is 8.42 Å². The molecule has 0 aromatic carbocycles. The van der Waals surface area contributed by atoms with Crippen LogP contribution in [-0.2, 0) is 21.9 Å². The molecule has 1 saturated heterocycles. The summed E-state index contributed by atoms with van der Waals surface area (Å²) in [6.07, 6.45) is 5.07. The molecule has 2 fully saturated rings. The highest BCUT2D eigenvalue weighted by Crippen LogP contribution is 2.32. The molecule has 1 saturated carbocycles. The molecule has 1 N–H and O–H groups in total. The summed E-state index contributed by atoms with van der Waals surface area (Å²) >= 11 is 0. The van der Waals surface area contributed by atoms with Crippen molar-refractivity contribution in [3.05, 3.63) is 17.5 Å². The van der Waals surface area contributed by atoms with Crippen molar-refractivity contribution in [1.82, 2.24) is 15.1 Å². The fourth-order valence-electron chi connectivity index (χ4n) is 2.86.